The Morgan fingerprint density at radius 3 is 2.58 bits per heavy atom. The van der Waals surface area contributed by atoms with Crippen molar-refractivity contribution in [2.75, 3.05) is 26.7 Å². The summed E-state index contributed by atoms with van der Waals surface area (Å²) in [6.07, 6.45) is 1.60. The fraction of sp³-hybridized carbons (Fsp3) is 0.588. The number of likely N-dealkylation sites (tertiary alicyclic amines) is 1. The highest BCUT2D eigenvalue weighted by Gasteiger charge is 2.25. The van der Waals surface area contributed by atoms with E-state index in [4.69, 9.17) is 0 Å². The van der Waals surface area contributed by atoms with Crippen molar-refractivity contribution in [3.8, 4) is 0 Å². The molecule has 2 heterocycles. The minimum atomic E-state index is -0.0742. The van der Waals surface area contributed by atoms with Crippen LogP contribution in [0.15, 0.2) is 22.5 Å². The van der Waals surface area contributed by atoms with Crippen LogP contribution < -0.4 is 10.6 Å². The molecule has 2 N–H and O–H groups in total. The molecule has 1 fully saturated rings. The number of hydrogen-bond donors (Lipinski definition) is 2. The van der Waals surface area contributed by atoms with E-state index in [0.717, 1.165) is 6.54 Å². The highest BCUT2D eigenvalue weighted by molar-refractivity contribution is 7.10. The van der Waals surface area contributed by atoms with E-state index in [1.807, 2.05) is 0 Å². The fourth-order valence-corrected chi connectivity index (χ4v) is 3.46. The molecule has 1 aromatic heterocycles. The molecule has 7 heteroatoms. The van der Waals surface area contributed by atoms with E-state index in [1.54, 1.807) is 18.4 Å². The summed E-state index contributed by atoms with van der Waals surface area (Å²) < 4.78 is 0. The van der Waals surface area contributed by atoms with Gasteiger partial charge in [0.05, 0.1) is 0 Å². The monoisotopic (exact) mass is 350 g/mol. The van der Waals surface area contributed by atoms with Gasteiger partial charge in [-0.1, -0.05) is 19.9 Å². The minimum Gasteiger partial charge on any atom is -0.356 e. The average molecular weight is 350 g/mol. The van der Waals surface area contributed by atoms with E-state index < -0.39 is 0 Å². The van der Waals surface area contributed by atoms with E-state index in [0.29, 0.717) is 38.3 Å². The molecule has 24 heavy (non-hydrogen) atoms. The Morgan fingerprint density at radius 1 is 1.29 bits per heavy atom. The quantitative estimate of drug-likeness (QED) is 0.465. The van der Waals surface area contributed by atoms with Gasteiger partial charge in [0.2, 0.25) is 11.8 Å². The molecule has 2 rings (SSSR count). The molecule has 1 aromatic rings. The third kappa shape index (κ3) is 4.80. The Kier molecular flexibility index (Phi) is 6.36. The van der Waals surface area contributed by atoms with Crippen molar-refractivity contribution in [3.63, 3.8) is 0 Å². The Bertz CT molecular complexity index is 580. The van der Waals surface area contributed by atoms with Gasteiger partial charge in [0.15, 0.2) is 5.96 Å². The molecular weight excluding hydrogens is 324 g/mol. The molecule has 0 radical (unpaired) electrons. The molecule has 0 saturated carbocycles. The van der Waals surface area contributed by atoms with E-state index in [2.05, 4.69) is 47.0 Å². The van der Waals surface area contributed by atoms with Crippen LogP contribution in [-0.4, -0.2) is 49.4 Å². The zero-order chi connectivity index (χ0) is 17.6. The molecule has 6 nitrogen and oxygen atoms in total. The molecular formula is C17H26N4O2S. The maximum Gasteiger partial charge on any atom is 0.229 e. The highest BCUT2D eigenvalue weighted by atomic mass is 32.1. The summed E-state index contributed by atoms with van der Waals surface area (Å²) in [6.45, 7) is 5.99. The standard InChI is InChI=1S/C17H26N4O2S/c1-17(2,13-6-5-11-24-13)12-20-16(18-3)19-9-10-21-14(22)7-4-8-15(21)23/h5-6,11H,4,7-10,12H2,1-3H3,(H2,18,19,20). The second-order valence-corrected chi connectivity index (χ2v) is 7.45. The molecule has 0 aromatic carbocycles. The number of guanidine groups is 1. The van der Waals surface area contributed by atoms with Crippen LogP contribution in [0.1, 0.15) is 38.0 Å². The van der Waals surface area contributed by atoms with Gasteiger partial charge in [0.25, 0.3) is 0 Å². The molecule has 132 valence electrons. The molecule has 0 atom stereocenters. The van der Waals surface area contributed by atoms with Gasteiger partial charge < -0.3 is 10.6 Å². The molecule has 1 saturated heterocycles. The van der Waals surface area contributed by atoms with Crippen LogP contribution in [0.25, 0.3) is 0 Å². The van der Waals surface area contributed by atoms with Crippen LogP contribution in [0.4, 0.5) is 0 Å². The highest BCUT2D eigenvalue weighted by Crippen LogP contribution is 2.26. The molecule has 0 spiro atoms. The fourth-order valence-electron chi connectivity index (χ4n) is 2.61. The number of imide groups is 1. The summed E-state index contributed by atoms with van der Waals surface area (Å²) in [6, 6.07) is 4.19. The van der Waals surface area contributed by atoms with Gasteiger partial charge in [-0.2, -0.15) is 0 Å². The number of nitrogens with zero attached hydrogens (tertiary/aromatic N) is 2. The normalized spacial score (nSPS) is 16.5. The lowest BCUT2D eigenvalue weighted by Gasteiger charge is -2.27. The minimum absolute atomic E-state index is 0.00455. The Hall–Kier alpha value is -1.89. The SMILES string of the molecule is CN=C(NCCN1C(=O)CCCC1=O)NCC(C)(C)c1cccs1. The Balaban J connectivity index is 1.78. The first-order valence-electron chi connectivity index (χ1n) is 8.26. The number of nitrogens with one attached hydrogen (secondary N) is 2. The van der Waals surface area contributed by atoms with E-state index in [9.17, 15) is 9.59 Å². The zero-order valence-electron chi connectivity index (χ0n) is 14.6. The number of aliphatic imine (C=N–C) groups is 1. The molecule has 0 unspecified atom stereocenters. The summed E-state index contributed by atoms with van der Waals surface area (Å²) >= 11 is 1.74. The van der Waals surface area contributed by atoms with Crippen LogP contribution in [0.3, 0.4) is 0 Å². The summed E-state index contributed by atoms with van der Waals surface area (Å²) in [5, 5.41) is 8.57. The van der Waals surface area contributed by atoms with Gasteiger partial charge in [0, 0.05) is 49.8 Å². The van der Waals surface area contributed by atoms with Gasteiger partial charge in [-0.3, -0.25) is 19.5 Å². The van der Waals surface area contributed by atoms with Crippen LogP contribution in [-0.2, 0) is 15.0 Å². The van der Waals surface area contributed by atoms with Crippen LogP contribution >= 0.6 is 11.3 Å². The molecule has 0 aliphatic carbocycles. The van der Waals surface area contributed by atoms with Crippen molar-refractivity contribution < 1.29 is 9.59 Å². The smallest absolute Gasteiger partial charge is 0.229 e. The van der Waals surface area contributed by atoms with Crippen molar-refractivity contribution in [3.05, 3.63) is 22.4 Å². The lowest BCUT2D eigenvalue weighted by atomic mass is 9.91. The number of piperidine rings is 1. The van der Waals surface area contributed by atoms with Crippen molar-refractivity contribution in [1.82, 2.24) is 15.5 Å². The molecule has 0 bridgehead atoms. The summed E-state index contributed by atoms with van der Waals surface area (Å²) in [7, 11) is 1.71. The second kappa shape index (κ2) is 8.28. The Morgan fingerprint density at radius 2 is 2.00 bits per heavy atom. The summed E-state index contributed by atoms with van der Waals surface area (Å²) in [5.41, 5.74) is 0.00455. The number of hydrogen-bond acceptors (Lipinski definition) is 4. The Labute approximate surface area is 147 Å². The number of carbonyl (C=O) groups excluding carboxylic acids is 2. The first-order chi connectivity index (χ1) is 11.4. The van der Waals surface area contributed by atoms with Crippen molar-refractivity contribution >= 4 is 29.1 Å². The van der Waals surface area contributed by atoms with E-state index in [1.165, 1.54) is 9.78 Å². The number of rotatable bonds is 6. The summed E-state index contributed by atoms with van der Waals surface area (Å²) in [5.74, 6) is 0.529. The first kappa shape index (κ1) is 18.4. The van der Waals surface area contributed by atoms with Gasteiger partial charge in [-0.05, 0) is 17.9 Å². The van der Waals surface area contributed by atoms with Crippen LogP contribution in [0, 0.1) is 0 Å². The lowest BCUT2D eigenvalue weighted by Crippen LogP contribution is -2.48. The topological polar surface area (TPSA) is 73.8 Å². The van der Waals surface area contributed by atoms with Gasteiger partial charge in [-0.25, -0.2) is 0 Å². The first-order valence-corrected chi connectivity index (χ1v) is 9.14. The third-order valence-electron chi connectivity index (χ3n) is 4.12. The maximum absolute atomic E-state index is 11.8. The predicted molar refractivity (Wildman–Crippen MR) is 97.3 cm³/mol. The third-order valence-corrected chi connectivity index (χ3v) is 5.36. The van der Waals surface area contributed by atoms with Crippen LogP contribution in [0.5, 0.6) is 0 Å². The predicted octanol–water partition coefficient (Wildman–Crippen LogP) is 1.73. The number of thiophene rings is 1. The summed E-state index contributed by atoms with van der Waals surface area (Å²) in [4.78, 5) is 30.4. The van der Waals surface area contributed by atoms with Crippen molar-refractivity contribution in [2.45, 2.75) is 38.5 Å². The maximum atomic E-state index is 11.8. The second-order valence-electron chi connectivity index (χ2n) is 6.51. The van der Waals surface area contributed by atoms with E-state index in [-0.39, 0.29) is 17.2 Å². The number of carbonyl (C=O) groups is 2. The molecule has 2 amide bonds. The zero-order valence-corrected chi connectivity index (χ0v) is 15.4. The molecule has 1 aliphatic heterocycles. The lowest BCUT2D eigenvalue weighted by molar-refractivity contribution is -0.147. The average Bonchev–Trinajstić information content (AvgIpc) is 3.08. The molecule has 1 aliphatic rings. The number of amides is 2. The van der Waals surface area contributed by atoms with Gasteiger partial charge in [-0.15, -0.1) is 11.3 Å². The van der Waals surface area contributed by atoms with Crippen molar-refractivity contribution in [2.24, 2.45) is 4.99 Å². The van der Waals surface area contributed by atoms with Crippen LogP contribution in [0.2, 0.25) is 0 Å². The largest absolute Gasteiger partial charge is 0.356 e. The van der Waals surface area contributed by atoms with Gasteiger partial charge >= 0.3 is 0 Å². The van der Waals surface area contributed by atoms with E-state index >= 15 is 0 Å². The van der Waals surface area contributed by atoms with Gasteiger partial charge in [0.1, 0.15) is 0 Å². The van der Waals surface area contributed by atoms with Crippen molar-refractivity contribution in [1.29, 1.82) is 0 Å².